The Morgan fingerprint density at radius 3 is 2.60 bits per heavy atom. The average molecular weight is 340 g/mol. The van der Waals surface area contributed by atoms with Gasteiger partial charge in [0, 0.05) is 34.8 Å². The summed E-state index contributed by atoms with van der Waals surface area (Å²) in [5.74, 6) is -1.70. The molecule has 25 heavy (non-hydrogen) atoms. The molecule has 0 radical (unpaired) electrons. The van der Waals surface area contributed by atoms with E-state index in [9.17, 15) is 9.59 Å². The van der Waals surface area contributed by atoms with Crippen molar-refractivity contribution in [1.29, 1.82) is 0 Å². The minimum atomic E-state index is -0.649. The van der Waals surface area contributed by atoms with Crippen LogP contribution >= 0.6 is 0 Å². The summed E-state index contributed by atoms with van der Waals surface area (Å²) in [6.07, 6.45) is 3.00. The number of aromatic nitrogens is 2. The number of benzene rings is 1. The highest BCUT2D eigenvalue weighted by Gasteiger charge is 2.21. The molecule has 0 amide bonds. The fourth-order valence-corrected chi connectivity index (χ4v) is 2.74. The van der Waals surface area contributed by atoms with Crippen molar-refractivity contribution < 1.29 is 18.7 Å². The van der Waals surface area contributed by atoms with Gasteiger partial charge in [0.25, 0.3) is 0 Å². The molecule has 0 atom stereocenters. The molecule has 3 rings (SSSR count). The maximum atomic E-state index is 15.3. The number of methoxy groups -OCH3 is 1. The van der Waals surface area contributed by atoms with Crippen molar-refractivity contribution >= 4 is 22.8 Å². The summed E-state index contributed by atoms with van der Waals surface area (Å²) < 4.78 is 21.3. The number of carbonyl (C=O) groups is 2. The molecule has 0 bridgehead atoms. The third kappa shape index (κ3) is 2.80. The Morgan fingerprint density at radius 2 is 1.92 bits per heavy atom. The highest BCUT2D eigenvalue weighted by atomic mass is 19.1. The lowest BCUT2D eigenvalue weighted by Crippen LogP contribution is -2.16. The summed E-state index contributed by atoms with van der Waals surface area (Å²) in [4.78, 5) is 28.3. The van der Waals surface area contributed by atoms with E-state index in [4.69, 9.17) is 4.74 Å². The Hall–Kier alpha value is -3.02. The number of pyridine rings is 1. The zero-order valence-electron chi connectivity index (χ0n) is 14.1. The van der Waals surface area contributed by atoms with E-state index in [-0.39, 0.29) is 28.6 Å². The summed E-state index contributed by atoms with van der Waals surface area (Å²) in [6, 6.07) is 8.19. The second kappa shape index (κ2) is 6.47. The number of fused-ring (bicyclic) bond motifs is 1. The molecule has 5 nitrogen and oxygen atoms in total. The van der Waals surface area contributed by atoms with Gasteiger partial charge >= 0.3 is 5.97 Å². The third-order valence-electron chi connectivity index (χ3n) is 4.00. The van der Waals surface area contributed by atoms with E-state index in [1.807, 2.05) is 0 Å². The van der Waals surface area contributed by atoms with Gasteiger partial charge in [0.2, 0.25) is 5.91 Å². The quantitative estimate of drug-likeness (QED) is 0.678. The van der Waals surface area contributed by atoms with E-state index in [0.717, 1.165) is 0 Å². The smallest absolute Gasteiger partial charge is 0.357 e. The second-order valence-electron chi connectivity index (χ2n) is 5.93. The van der Waals surface area contributed by atoms with E-state index >= 15 is 4.39 Å². The highest BCUT2D eigenvalue weighted by Crippen LogP contribution is 2.31. The van der Waals surface area contributed by atoms with Gasteiger partial charge in [-0.3, -0.25) is 9.36 Å². The van der Waals surface area contributed by atoms with Gasteiger partial charge in [-0.15, -0.1) is 0 Å². The number of halogens is 1. The van der Waals surface area contributed by atoms with Crippen LogP contribution < -0.4 is 0 Å². The van der Waals surface area contributed by atoms with Crippen LogP contribution in [0.4, 0.5) is 4.39 Å². The zero-order valence-corrected chi connectivity index (χ0v) is 14.1. The lowest BCUT2D eigenvalue weighted by atomic mass is 10.0. The van der Waals surface area contributed by atoms with Crippen LogP contribution in [0.5, 0.6) is 0 Å². The molecule has 0 spiro atoms. The maximum absolute atomic E-state index is 15.3. The summed E-state index contributed by atoms with van der Waals surface area (Å²) in [5.41, 5.74) is 0.725. The Kier molecular flexibility index (Phi) is 4.35. The van der Waals surface area contributed by atoms with E-state index in [0.29, 0.717) is 10.9 Å². The van der Waals surface area contributed by atoms with E-state index in [1.165, 1.54) is 17.9 Å². The first-order valence-corrected chi connectivity index (χ1v) is 7.83. The molecule has 2 aromatic heterocycles. The van der Waals surface area contributed by atoms with Crippen molar-refractivity contribution in [1.82, 2.24) is 9.55 Å². The summed E-state index contributed by atoms with van der Waals surface area (Å²) in [6.45, 7) is 3.51. The average Bonchev–Trinajstić information content (AvgIpc) is 3.05. The molecule has 0 N–H and O–H groups in total. The van der Waals surface area contributed by atoms with Crippen LogP contribution in [-0.2, 0) is 4.74 Å². The number of rotatable bonds is 3. The summed E-state index contributed by atoms with van der Waals surface area (Å²) in [5, 5.41) is 0.610. The number of carbonyl (C=O) groups excluding carboxylic acids is 2. The third-order valence-corrected chi connectivity index (χ3v) is 4.00. The van der Waals surface area contributed by atoms with Crippen molar-refractivity contribution in [3.8, 4) is 11.1 Å². The first-order chi connectivity index (χ1) is 12.0. The lowest BCUT2D eigenvalue weighted by molar-refractivity contribution is 0.0594. The number of esters is 1. The Labute approximate surface area is 144 Å². The van der Waals surface area contributed by atoms with Crippen LogP contribution in [0.15, 0.2) is 42.7 Å². The first kappa shape index (κ1) is 16.8. The molecular weight excluding hydrogens is 323 g/mol. The molecule has 0 saturated carbocycles. The van der Waals surface area contributed by atoms with Crippen LogP contribution in [0.2, 0.25) is 0 Å². The Morgan fingerprint density at radius 1 is 1.16 bits per heavy atom. The molecule has 1 aromatic carbocycles. The molecule has 0 unspecified atom stereocenters. The molecule has 0 aliphatic rings. The van der Waals surface area contributed by atoms with Crippen molar-refractivity contribution in [3.63, 3.8) is 0 Å². The number of ether oxygens (including phenoxy) is 1. The van der Waals surface area contributed by atoms with Crippen LogP contribution in [-0.4, -0.2) is 28.5 Å². The van der Waals surface area contributed by atoms with Crippen molar-refractivity contribution in [2.45, 2.75) is 13.8 Å². The van der Waals surface area contributed by atoms with Gasteiger partial charge in [0.15, 0.2) is 11.5 Å². The van der Waals surface area contributed by atoms with E-state index in [1.54, 1.807) is 50.4 Å². The monoisotopic (exact) mass is 340 g/mol. The van der Waals surface area contributed by atoms with Gasteiger partial charge in [-0.25, -0.2) is 14.2 Å². The Balaban J connectivity index is 2.26. The predicted molar refractivity (Wildman–Crippen MR) is 91.9 cm³/mol. The topological polar surface area (TPSA) is 61.2 Å². The standard InChI is InChI=1S/C19H17FN2O3/c1-11(2)18(23)22-10-8-12-6-7-13(15(20)17(12)22)14-5-4-9-21-16(14)19(24)25-3/h4-11H,1-3H3. The minimum absolute atomic E-state index is 0.0246. The van der Waals surface area contributed by atoms with Gasteiger partial charge in [0.1, 0.15) is 0 Å². The largest absolute Gasteiger partial charge is 0.464 e. The zero-order chi connectivity index (χ0) is 18.1. The van der Waals surface area contributed by atoms with Gasteiger partial charge in [-0.1, -0.05) is 32.0 Å². The number of hydrogen-bond donors (Lipinski definition) is 0. The number of hydrogen-bond acceptors (Lipinski definition) is 4. The molecule has 0 saturated heterocycles. The molecule has 0 aliphatic carbocycles. The molecule has 6 heteroatoms. The molecule has 3 aromatic rings. The summed E-state index contributed by atoms with van der Waals surface area (Å²) >= 11 is 0. The molecule has 0 fully saturated rings. The van der Waals surface area contributed by atoms with Crippen LogP contribution in [0.25, 0.3) is 22.0 Å². The van der Waals surface area contributed by atoms with E-state index in [2.05, 4.69) is 4.98 Å². The fraction of sp³-hybridized carbons (Fsp3) is 0.211. The van der Waals surface area contributed by atoms with Gasteiger partial charge in [-0.2, -0.15) is 0 Å². The second-order valence-corrected chi connectivity index (χ2v) is 5.93. The van der Waals surface area contributed by atoms with Crippen LogP contribution in [0.1, 0.15) is 29.1 Å². The van der Waals surface area contributed by atoms with Crippen molar-refractivity contribution in [3.05, 3.63) is 54.2 Å². The van der Waals surface area contributed by atoms with Crippen LogP contribution in [0, 0.1) is 11.7 Å². The number of nitrogens with zero attached hydrogens (tertiary/aromatic N) is 2. The lowest BCUT2D eigenvalue weighted by Gasteiger charge is -2.11. The summed E-state index contributed by atoms with van der Waals surface area (Å²) in [7, 11) is 1.24. The van der Waals surface area contributed by atoms with Gasteiger partial charge in [0.05, 0.1) is 12.6 Å². The molecular formula is C19H17FN2O3. The Bertz CT molecular complexity index is 976. The normalized spacial score (nSPS) is 11.1. The maximum Gasteiger partial charge on any atom is 0.357 e. The van der Waals surface area contributed by atoms with Gasteiger partial charge < -0.3 is 4.74 Å². The SMILES string of the molecule is COC(=O)c1ncccc1-c1ccc2ccn(C(=O)C(C)C)c2c1F. The highest BCUT2D eigenvalue weighted by molar-refractivity contribution is 5.99. The predicted octanol–water partition coefficient (Wildman–Crippen LogP) is 3.93. The van der Waals surface area contributed by atoms with Crippen molar-refractivity contribution in [2.75, 3.05) is 7.11 Å². The van der Waals surface area contributed by atoms with Crippen LogP contribution in [0.3, 0.4) is 0 Å². The van der Waals surface area contributed by atoms with Gasteiger partial charge in [-0.05, 0) is 12.1 Å². The van der Waals surface area contributed by atoms with Crippen molar-refractivity contribution in [2.24, 2.45) is 5.92 Å². The molecule has 0 aliphatic heterocycles. The molecule has 128 valence electrons. The first-order valence-electron chi connectivity index (χ1n) is 7.83. The van der Waals surface area contributed by atoms with E-state index < -0.39 is 11.8 Å². The molecule has 2 heterocycles. The minimum Gasteiger partial charge on any atom is -0.464 e. The fourth-order valence-electron chi connectivity index (χ4n) is 2.74.